The van der Waals surface area contributed by atoms with E-state index in [4.69, 9.17) is 18.9 Å². The molecule has 7 nitrogen and oxygen atoms in total. The molecule has 40 heavy (non-hydrogen) atoms. The zero-order valence-corrected chi connectivity index (χ0v) is 22.1. The fraction of sp³-hybridized carbons (Fsp3) is 0.156. The molecule has 0 N–H and O–H groups in total. The van der Waals surface area contributed by atoms with Crippen LogP contribution >= 0.6 is 11.8 Å². The number of rotatable bonds is 8. The van der Waals surface area contributed by atoms with E-state index >= 15 is 0 Å². The first-order valence-electron chi connectivity index (χ1n) is 12.7. The van der Waals surface area contributed by atoms with E-state index in [2.05, 4.69) is 0 Å². The average Bonchev–Trinajstić information content (AvgIpc) is 3.01. The molecule has 0 spiro atoms. The van der Waals surface area contributed by atoms with Crippen molar-refractivity contribution in [2.24, 2.45) is 0 Å². The molecule has 0 unspecified atom stereocenters. The van der Waals surface area contributed by atoms with Crippen molar-refractivity contribution in [1.82, 2.24) is 0 Å². The Morgan fingerprint density at radius 1 is 0.550 bits per heavy atom. The van der Waals surface area contributed by atoms with Crippen molar-refractivity contribution in [3.63, 3.8) is 0 Å². The monoisotopic (exact) mass is 554 g/mol. The summed E-state index contributed by atoms with van der Waals surface area (Å²) in [6.45, 7) is -0.0742. The summed E-state index contributed by atoms with van der Waals surface area (Å²) in [6, 6.07) is 34.9. The minimum absolute atomic E-state index is 0.0742. The number of carbonyl (C=O) groups is 3. The lowest BCUT2D eigenvalue weighted by atomic mass is 10.0. The van der Waals surface area contributed by atoms with Gasteiger partial charge in [0.1, 0.15) is 5.44 Å². The van der Waals surface area contributed by atoms with Crippen molar-refractivity contribution in [1.29, 1.82) is 0 Å². The van der Waals surface area contributed by atoms with Crippen LogP contribution in [0.15, 0.2) is 126 Å². The quantitative estimate of drug-likeness (QED) is 0.199. The van der Waals surface area contributed by atoms with E-state index in [1.807, 2.05) is 30.3 Å². The molecule has 8 heteroatoms. The van der Waals surface area contributed by atoms with Crippen molar-refractivity contribution >= 4 is 29.7 Å². The van der Waals surface area contributed by atoms with E-state index in [9.17, 15) is 14.4 Å². The van der Waals surface area contributed by atoms with Crippen LogP contribution in [0.5, 0.6) is 0 Å². The largest absolute Gasteiger partial charge is 0.452 e. The SMILES string of the molecule is O=C(O[C@@H]1[C@@H](OC(=O)c2ccccc2)[C@H](Sc2ccccc2)OC[C@H]1OC(=O)c1ccccc1)c1ccccc1. The van der Waals surface area contributed by atoms with E-state index in [0.29, 0.717) is 16.7 Å². The fourth-order valence-electron chi connectivity index (χ4n) is 4.16. The van der Waals surface area contributed by atoms with Gasteiger partial charge in [-0.05, 0) is 48.5 Å². The van der Waals surface area contributed by atoms with Crippen LogP contribution in [-0.2, 0) is 18.9 Å². The minimum Gasteiger partial charge on any atom is -0.452 e. The number of thioether (sulfide) groups is 1. The second-order valence-electron chi connectivity index (χ2n) is 8.91. The number of carbonyl (C=O) groups excluding carboxylic acids is 3. The van der Waals surface area contributed by atoms with Crippen molar-refractivity contribution in [3.8, 4) is 0 Å². The summed E-state index contributed by atoms with van der Waals surface area (Å²) in [7, 11) is 0. The summed E-state index contributed by atoms with van der Waals surface area (Å²) in [5.74, 6) is -1.88. The zero-order valence-electron chi connectivity index (χ0n) is 21.3. The average molecular weight is 555 g/mol. The molecule has 5 rings (SSSR count). The van der Waals surface area contributed by atoms with Crippen molar-refractivity contribution < 1.29 is 33.3 Å². The highest BCUT2D eigenvalue weighted by Crippen LogP contribution is 2.35. The molecule has 0 amide bonds. The second-order valence-corrected chi connectivity index (χ2v) is 10.1. The highest BCUT2D eigenvalue weighted by Gasteiger charge is 2.48. The molecule has 4 aromatic carbocycles. The van der Waals surface area contributed by atoms with E-state index in [-0.39, 0.29) is 6.61 Å². The summed E-state index contributed by atoms with van der Waals surface area (Å²) in [6.07, 6.45) is -3.29. The van der Waals surface area contributed by atoms with Gasteiger partial charge in [0.2, 0.25) is 0 Å². The summed E-state index contributed by atoms with van der Waals surface area (Å²) < 4.78 is 23.8. The van der Waals surface area contributed by atoms with Crippen LogP contribution in [-0.4, -0.2) is 48.3 Å². The fourth-order valence-corrected chi connectivity index (χ4v) is 5.23. The Bertz CT molecular complexity index is 1420. The molecule has 1 saturated heterocycles. The Labute approximate surface area is 236 Å². The van der Waals surface area contributed by atoms with Crippen LogP contribution in [0.4, 0.5) is 0 Å². The summed E-state index contributed by atoms with van der Waals surface area (Å²) in [4.78, 5) is 40.3. The number of ether oxygens (including phenoxy) is 4. The van der Waals surface area contributed by atoms with Crippen molar-refractivity contribution in [3.05, 3.63) is 138 Å². The van der Waals surface area contributed by atoms with Crippen molar-refractivity contribution in [2.75, 3.05) is 6.61 Å². The first-order valence-corrected chi connectivity index (χ1v) is 13.6. The van der Waals surface area contributed by atoms with Gasteiger partial charge in [-0.15, -0.1) is 0 Å². The van der Waals surface area contributed by atoms with Gasteiger partial charge < -0.3 is 18.9 Å². The van der Waals surface area contributed by atoms with Gasteiger partial charge in [-0.1, -0.05) is 84.6 Å². The van der Waals surface area contributed by atoms with Gasteiger partial charge >= 0.3 is 17.9 Å². The van der Waals surface area contributed by atoms with Crippen LogP contribution in [0.2, 0.25) is 0 Å². The lowest BCUT2D eigenvalue weighted by Gasteiger charge is -2.40. The zero-order chi connectivity index (χ0) is 27.7. The van der Waals surface area contributed by atoms with Crippen LogP contribution in [0.25, 0.3) is 0 Å². The van der Waals surface area contributed by atoms with Gasteiger partial charge in [-0.3, -0.25) is 0 Å². The predicted molar refractivity (Wildman–Crippen MR) is 149 cm³/mol. The molecule has 1 aliphatic heterocycles. The Balaban J connectivity index is 1.48. The highest BCUT2D eigenvalue weighted by atomic mass is 32.2. The van der Waals surface area contributed by atoms with E-state index in [1.54, 1.807) is 91.0 Å². The van der Waals surface area contributed by atoms with Gasteiger partial charge in [-0.2, -0.15) is 0 Å². The molecule has 4 aromatic rings. The highest BCUT2D eigenvalue weighted by molar-refractivity contribution is 7.99. The van der Waals surface area contributed by atoms with Gasteiger partial charge in [-0.25, -0.2) is 14.4 Å². The minimum atomic E-state index is -1.15. The maximum absolute atomic E-state index is 13.2. The number of benzene rings is 4. The molecule has 1 aliphatic rings. The molecule has 1 fully saturated rings. The van der Waals surface area contributed by atoms with E-state index in [0.717, 1.165) is 4.90 Å². The predicted octanol–water partition coefficient (Wildman–Crippen LogP) is 5.81. The number of hydrogen-bond donors (Lipinski definition) is 0. The maximum Gasteiger partial charge on any atom is 0.338 e. The van der Waals surface area contributed by atoms with Gasteiger partial charge in [0.05, 0.1) is 23.3 Å². The van der Waals surface area contributed by atoms with Crippen LogP contribution in [0.1, 0.15) is 31.1 Å². The third-order valence-electron chi connectivity index (χ3n) is 6.15. The summed E-state index contributed by atoms with van der Waals surface area (Å²) >= 11 is 1.32. The summed E-state index contributed by atoms with van der Waals surface area (Å²) in [5.41, 5.74) is 0.203. The maximum atomic E-state index is 13.2. The smallest absolute Gasteiger partial charge is 0.338 e. The molecule has 0 aliphatic carbocycles. The molecule has 202 valence electrons. The van der Waals surface area contributed by atoms with Gasteiger partial charge in [0, 0.05) is 4.90 Å². The molecule has 1 heterocycles. The first kappa shape index (κ1) is 27.2. The Kier molecular flexibility index (Phi) is 8.90. The lowest BCUT2D eigenvalue weighted by molar-refractivity contribution is -0.167. The van der Waals surface area contributed by atoms with E-state index in [1.165, 1.54) is 11.8 Å². The third-order valence-corrected chi connectivity index (χ3v) is 7.33. The standard InChI is InChI=1S/C32H26O7S/c33-29(22-13-5-1-6-14-22)37-26-21-36-32(40-25-19-11-4-12-20-25)28(39-31(35)24-17-9-3-10-18-24)27(26)38-30(34)23-15-7-2-8-16-23/h1-20,26-28,32H,21H2/t26-,27+,28-,32+/m1/s1. The molecule has 0 bridgehead atoms. The number of esters is 3. The van der Waals surface area contributed by atoms with Crippen LogP contribution in [0, 0.1) is 0 Å². The number of hydrogen-bond acceptors (Lipinski definition) is 8. The first-order chi connectivity index (χ1) is 19.6. The third kappa shape index (κ3) is 6.77. The van der Waals surface area contributed by atoms with Gasteiger partial charge in [0.25, 0.3) is 0 Å². The molecule has 0 aromatic heterocycles. The van der Waals surface area contributed by atoms with E-state index < -0.39 is 41.7 Å². The van der Waals surface area contributed by atoms with Crippen LogP contribution in [0.3, 0.4) is 0 Å². The molecular weight excluding hydrogens is 528 g/mol. The summed E-state index contributed by atoms with van der Waals surface area (Å²) in [5, 5.41) is 0. The molecule has 0 radical (unpaired) electrons. The molecular formula is C32H26O7S. The Morgan fingerprint density at radius 3 is 1.43 bits per heavy atom. The molecule has 0 saturated carbocycles. The molecule has 4 atom stereocenters. The topological polar surface area (TPSA) is 88.1 Å². The normalized spacial score (nSPS) is 20.2. The Morgan fingerprint density at radius 2 is 0.950 bits per heavy atom. The van der Waals surface area contributed by atoms with Crippen LogP contribution < -0.4 is 0 Å². The van der Waals surface area contributed by atoms with Crippen molar-refractivity contribution in [2.45, 2.75) is 28.6 Å². The van der Waals surface area contributed by atoms with Gasteiger partial charge in [0.15, 0.2) is 18.3 Å². The Hall–Kier alpha value is -4.40. The lowest BCUT2D eigenvalue weighted by Crippen LogP contribution is -2.56. The second kappa shape index (κ2) is 13.1.